The Bertz CT molecular complexity index is 1500. The second-order valence-corrected chi connectivity index (χ2v) is 9.96. The van der Waals surface area contributed by atoms with Crippen LogP contribution in [0.15, 0.2) is 72.9 Å². The van der Waals surface area contributed by atoms with Crippen molar-refractivity contribution in [1.82, 2.24) is 19.8 Å². The number of benzene rings is 2. The van der Waals surface area contributed by atoms with Crippen LogP contribution in [0.2, 0.25) is 0 Å². The van der Waals surface area contributed by atoms with Gasteiger partial charge in [-0.05, 0) is 92.1 Å². The van der Waals surface area contributed by atoms with Crippen LogP contribution in [0.5, 0.6) is 5.75 Å². The zero-order valence-electron chi connectivity index (χ0n) is 21.8. The van der Waals surface area contributed by atoms with E-state index in [9.17, 15) is 9.90 Å². The molecule has 0 saturated carbocycles. The Hall–Kier alpha value is -4.17. The summed E-state index contributed by atoms with van der Waals surface area (Å²) in [6.45, 7) is 6.74. The predicted octanol–water partition coefficient (Wildman–Crippen LogP) is 5.68. The number of methoxy groups -OCH3 is 1. The molecule has 0 bridgehead atoms. The Morgan fingerprint density at radius 1 is 1.08 bits per heavy atom. The zero-order valence-corrected chi connectivity index (χ0v) is 22.6. The number of carboxylic acids is 1. The minimum Gasteiger partial charge on any atom is -0.497 e. The third-order valence-electron chi connectivity index (χ3n) is 7.20. The largest absolute Gasteiger partial charge is 0.497 e. The molecule has 1 fully saturated rings. The topological polar surface area (TPSA) is 79.6 Å². The number of hydrogen-bond acceptors (Lipinski definition) is 4. The van der Waals surface area contributed by atoms with E-state index in [0.717, 1.165) is 45.2 Å². The van der Waals surface area contributed by atoms with Crippen molar-refractivity contribution in [3.63, 3.8) is 0 Å². The molecule has 38 heavy (non-hydrogen) atoms. The van der Waals surface area contributed by atoms with Crippen molar-refractivity contribution < 1.29 is 14.6 Å². The van der Waals surface area contributed by atoms with Gasteiger partial charge in [0.25, 0.3) is 0 Å². The van der Waals surface area contributed by atoms with Gasteiger partial charge in [0.2, 0.25) is 0 Å². The van der Waals surface area contributed by atoms with E-state index in [4.69, 9.17) is 17.0 Å². The molecule has 1 saturated heterocycles. The highest BCUT2D eigenvalue weighted by Crippen LogP contribution is 2.42. The molecule has 2 aromatic carbocycles. The van der Waals surface area contributed by atoms with Gasteiger partial charge in [0.1, 0.15) is 5.75 Å². The van der Waals surface area contributed by atoms with Crippen LogP contribution < -0.4 is 10.1 Å². The molecule has 4 aromatic rings. The lowest BCUT2D eigenvalue weighted by Gasteiger charge is -2.28. The SMILES string of the molecule is COc1ccc(CN2C(=S)N[C@@H](c3ccccn3)[C@H]2c2cc(C)n(-c3cc(C(=O)O)ccc3C)c2C)cc1. The fourth-order valence-corrected chi connectivity index (χ4v) is 5.59. The molecule has 0 unspecified atom stereocenters. The normalized spacial score (nSPS) is 16.9. The van der Waals surface area contributed by atoms with Gasteiger partial charge in [-0.15, -0.1) is 0 Å². The Kier molecular flexibility index (Phi) is 6.91. The van der Waals surface area contributed by atoms with E-state index in [0.29, 0.717) is 11.7 Å². The highest BCUT2D eigenvalue weighted by atomic mass is 32.1. The number of ether oxygens (including phenoxy) is 1. The van der Waals surface area contributed by atoms with Gasteiger partial charge in [-0.3, -0.25) is 4.98 Å². The molecule has 7 nitrogen and oxygen atoms in total. The number of pyridine rings is 1. The van der Waals surface area contributed by atoms with Crippen molar-refractivity contribution in [2.24, 2.45) is 0 Å². The number of aromatic carboxylic acids is 1. The van der Waals surface area contributed by atoms with Crippen molar-refractivity contribution in [2.45, 2.75) is 39.4 Å². The third-order valence-corrected chi connectivity index (χ3v) is 7.55. The van der Waals surface area contributed by atoms with Gasteiger partial charge < -0.3 is 24.6 Å². The maximum Gasteiger partial charge on any atom is 0.335 e. The molecule has 2 atom stereocenters. The van der Waals surface area contributed by atoms with Crippen molar-refractivity contribution >= 4 is 23.3 Å². The lowest BCUT2D eigenvalue weighted by molar-refractivity contribution is 0.0697. The molecule has 2 N–H and O–H groups in total. The minimum absolute atomic E-state index is 0.123. The minimum atomic E-state index is -0.944. The van der Waals surface area contributed by atoms with E-state index in [-0.39, 0.29) is 17.6 Å². The quantitative estimate of drug-likeness (QED) is 0.300. The highest BCUT2D eigenvalue weighted by molar-refractivity contribution is 7.80. The second kappa shape index (κ2) is 10.3. The van der Waals surface area contributed by atoms with E-state index in [1.165, 1.54) is 0 Å². The lowest BCUT2D eigenvalue weighted by Crippen LogP contribution is -2.29. The molecule has 1 aliphatic rings. The van der Waals surface area contributed by atoms with Crippen LogP contribution in [-0.2, 0) is 6.54 Å². The Morgan fingerprint density at radius 3 is 2.50 bits per heavy atom. The number of nitrogens with one attached hydrogen (secondary N) is 1. The maximum absolute atomic E-state index is 11.7. The van der Waals surface area contributed by atoms with Gasteiger partial charge >= 0.3 is 5.97 Å². The molecule has 5 rings (SSSR count). The van der Waals surface area contributed by atoms with Gasteiger partial charge in [-0.2, -0.15) is 0 Å². The summed E-state index contributed by atoms with van der Waals surface area (Å²) in [5.74, 6) is -0.138. The van der Waals surface area contributed by atoms with Crippen LogP contribution in [0.25, 0.3) is 5.69 Å². The highest BCUT2D eigenvalue weighted by Gasteiger charge is 2.41. The average molecular weight is 527 g/mol. The third kappa shape index (κ3) is 4.63. The Balaban J connectivity index is 1.62. The van der Waals surface area contributed by atoms with E-state index in [1.807, 2.05) is 50.2 Å². The molecule has 0 amide bonds. The Morgan fingerprint density at radius 2 is 1.84 bits per heavy atom. The van der Waals surface area contributed by atoms with Crippen LogP contribution >= 0.6 is 12.2 Å². The summed E-state index contributed by atoms with van der Waals surface area (Å²) >= 11 is 5.88. The maximum atomic E-state index is 11.7. The number of thiocarbonyl (C=S) groups is 1. The summed E-state index contributed by atoms with van der Waals surface area (Å²) in [5.41, 5.74) is 7.30. The molecular weight excluding hydrogens is 496 g/mol. The Labute approximate surface area is 227 Å². The lowest BCUT2D eigenvalue weighted by atomic mass is 9.96. The van der Waals surface area contributed by atoms with Gasteiger partial charge in [-0.25, -0.2) is 4.79 Å². The van der Waals surface area contributed by atoms with E-state index < -0.39 is 5.97 Å². The van der Waals surface area contributed by atoms with Crippen molar-refractivity contribution in [3.8, 4) is 11.4 Å². The molecule has 0 spiro atoms. The van der Waals surface area contributed by atoms with E-state index in [2.05, 4.69) is 44.9 Å². The van der Waals surface area contributed by atoms with Crippen LogP contribution in [-0.4, -0.2) is 37.7 Å². The summed E-state index contributed by atoms with van der Waals surface area (Å²) in [5, 5.41) is 13.8. The van der Waals surface area contributed by atoms with Gasteiger partial charge in [0.15, 0.2) is 5.11 Å². The van der Waals surface area contributed by atoms with Crippen molar-refractivity contribution in [3.05, 3.63) is 112 Å². The molecule has 8 heteroatoms. The van der Waals surface area contributed by atoms with Crippen LogP contribution in [0, 0.1) is 20.8 Å². The smallest absolute Gasteiger partial charge is 0.335 e. The fourth-order valence-electron chi connectivity index (χ4n) is 5.28. The number of carboxylic acid groups (broad SMARTS) is 1. The van der Waals surface area contributed by atoms with Gasteiger partial charge in [-0.1, -0.05) is 24.3 Å². The molecule has 1 aliphatic heterocycles. The molecular formula is C30H30N4O3S. The summed E-state index contributed by atoms with van der Waals surface area (Å²) in [4.78, 5) is 18.6. The molecule has 2 aromatic heterocycles. The van der Waals surface area contributed by atoms with Crippen molar-refractivity contribution in [1.29, 1.82) is 0 Å². The number of aryl methyl sites for hydroxylation is 2. The van der Waals surface area contributed by atoms with Crippen LogP contribution in [0.3, 0.4) is 0 Å². The van der Waals surface area contributed by atoms with Gasteiger partial charge in [0, 0.05) is 29.8 Å². The number of carbonyl (C=O) groups is 1. The summed E-state index contributed by atoms with van der Waals surface area (Å²) in [6, 6.07) is 21.1. The number of aromatic nitrogens is 2. The zero-order chi connectivity index (χ0) is 27.0. The van der Waals surface area contributed by atoms with E-state index >= 15 is 0 Å². The summed E-state index contributed by atoms with van der Waals surface area (Å²) < 4.78 is 7.47. The first-order valence-electron chi connectivity index (χ1n) is 12.4. The molecule has 194 valence electrons. The van der Waals surface area contributed by atoms with E-state index in [1.54, 1.807) is 25.4 Å². The second-order valence-electron chi connectivity index (χ2n) is 9.57. The number of nitrogens with zero attached hydrogens (tertiary/aromatic N) is 3. The predicted molar refractivity (Wildman–Crippen MR) is 151 cm³/mol. The molecule has 0 aliphatic carbocycles. The first kappa shape index (κ1) is 25.5. The van der Waals surface area contributed by atoms with Crippen LogP contribution in [0.1, 0.15) is 56.2 Å². The first-order valence-corrected chi connectivity index (χ1v) is 12.8. The monoisotopic (exact) mass is 526 g/mol. The summed E-state index contributed by atoms with van der Waals surface area (Å²) in [6.07, 6.45) is 1.80. The average Bonchev–Trinajstić information content (AvgIpc) is 3.39. The fraction of sp³-hybridized carbons (Fsp3) is 0.233. The number of rotatable bonds is 7. The van der Waals surface area contributed by atoms with Gasteiger partial charge in [0.05, 0.1) is 30.5 Å². The van der Waals surface area contributed by atoms with Crippen molar-refractivity contribution in [2.75, 3.05) is 7.11 Å². The van der Waals surface area contributed by atoms with Crippen LogP contribution in [0.4, 0.5) is 0 Å². The standard InChI is InChI=1S/C30H30N4O3S/c1-18-8-11-22(29(35)36)16-26(18)34-19(2)15-24(20(34)3)28-27(25-7-5-6-14-31-25)32-30(38)33(28)17-21-9-12-23(37-4)13-10-21/h5-16,27-28H,17H2,1-4H3,(H,32,38)(H,35,36)/t27-,28+/m0/s1. The number of hydrogen-bond donors (Lipinski definition) is 2. The first-order chi connectivity index (χ1) is 18.3. The molecule has 0 radical (unpaired) electrons. The summed E-state index contributed by atoms with van der Waals surface area (Å²) in [7, 11) is 1.66. The molecule has 3 heterocycles.